The van der Waals surface area contributed by atoms with Crippen LogP contribution in [0.15, 0.2) is 54.9 Å². The fraction of sp³-hybridized carbons (Fsp3) is 0.259. The van der Waals surface area contributed by atoms with Gasteiger partial charge in [0.05, 0.1) is 24.6 Å². The topological polar surface area (TPSA) is 207 Å². The number of imidazole rings is 1. The predicted octanol–water partition coefficient (Wildman–Crippen LogP) is 2.36. The van der Waals surface area contributed by atoms with Gasteiger partial charge in [0.2, 0.25) is 5.28 Å². The number of anilines is 1. The van der Waals surface area contributed by atoms with Gasteiger partial charge in [-0.1, -0.05) is 42.5 Å². The van der Waals surface area contributed by atoms with Crippen molar-refractivity contribution >= 4 is 40.5 Å². The highest BCUT2D eigenvalue weighted by Gasteiger charge is 2.52. The van der Waals surface area contributed by atoms with Gasteiger partial charge in [0.25, 0.3) is 5.60 Å². The second kappa shape index (κ2) is 11.3. The van der Waals surface area contributed by atoms with E-state index in [-0.39, 0.29) is 22.3 Å². The molecule has 42 heavy (non-hydrogen) atoms. The summed E-state index contributed by atoms with van der Waals surface area (Å²) < 4.78 is 27.4. The van der Waals surface area contributed by atoms with E-state index < -0.39 is 55.2 Å². The molecule has 0 unspecified atom stereocenters. The van der Waals surface area contributed by atoms with E-state index in [4.69, 9.17) is 26.8 Å². The van der Waals surface area contributed by atoms with E-state index in [1.165, 1.54) is 12.1 Å². The second-order valence-electron chi connectivity index (χ2n) is 9.48. The maximum absolute atomic E-state index is 15.2. The van der Waals surface area contributed by atoms with Gasteiger partial charge in [0.1, 0.15) is 17.7 Å². The van der Waals surface area contributed by atoms with Gasteiger partial charge in [-0.15, -0.1) is 0 Å². The van der Waals surface area contributed by atoms with E-state index in [2.05, 4.69) is 21.0 Å². The van der Waals surface area contributed by atoms with Crippen LogP contribution in [0, 0.1) is 11.3 Å². The molecule has 4 aromatic rings. The van der Waals surface area contributed by atoms with Crippen LogP contribution < -0.4 is 5.73 Å². The third-order valence-electron chi connectivity index (χ3n) is 6.94. The number of nitriles is 1. The number of nitrogens with two attached hydrogens (primary N) is 1. The largest absolute Gasteiger partial charge is 0.479 e. The Labute approximate surface area is 241 Å². The first-order valence-electron chi connectivity index (χ1n) is 12.4. The van der Waals surface area contributed by atoms with Crippen LogP contribution in [0.25, 0.3) is 22.3 Å². The number of hydrogen-bond donors (Lipinski definition) is 4. The molecule has 15 heteroatoms. The molecule has 0 saturated carbocycles. The summed E-state index contributed by atoms with van der Waals surface area (Å²) in [4.78, 5) is 36.3. The number of halogens is 2. The fourth-order valence-electron chi connectivity index (χ4n) is 4.73. The van der Waals surface area contributed by atoms with Gasteiger partial charge in [0.15, 0.2) is 23.9 Å². The lowest BCUT2D eigenvalue weighted by Crippen LogP contribution is -2.52. The lowest BCUT2D eigenvalue weighted by atomic mass is 9.92. The smallest absolute Gasteiger partial charge is 0.348 e. The van der Waals surface area contributed by atoms with Crippen LogP contribution in [0.2, 0.25) is 5.28 Å². The Morgan fingerprint density at radius 2 is 1.86 bits per heavy atom. The van der Waals surface area contributed by atoms with Crippen LogP contribution in [0.4, 0.5) is 10.2 Å². The Kier molecular flexibility index (Phi) is 7.76. The molecule has 1 fully saturated rings. The molecule has 1 aliphatic heterocycles. The van der Waals surface area contributed by atoms with E-state index in [0.29, 0.717) is 22.3 Å². The molecule has 0 amide bonds. The summed E-state index contributed by atoms with van der Waals surface area (Å²) in [5, 5.41) is 39.6. The number of carboxylic acid groups (broad SMARTS) is 2. The molecule has 0 radical (unpaired) electrons. The molecule has 1 saturated heterocycles. The fourth-order valence-corrected chi connectivity index (χ4v) is 4.90. The van der Waals surface area contributed by atoms with Crippen LogP contribution in [-0.2, 0) is 25.5 Å². The molecule has 2 aromatic heterocycles. The third kappa shape index (κ3) is 5.10. The summed E-state index contributed by atoms with van der Waals surface area (Å²) in [5.74, 6) is -3.68. The summed E-state index contributed by atoms with van der Waals surface area (Å²) in [6, 6.07) is 15.3. The number of nitrogens with zero attached hydrogens (tertiary/aromatic N) is 5. The van der Waals surface area contributed by atoms with Gasteiger partial charge >= 0.3 is 11.9 Å². The van der Waals surface area contributed by atoms with Crippen molar-refractivity contribution in [3.05, 3.63) is 71.3 Å². The molecule has 0 aliphatic carbocycles. The van der Waals surface area contributed by atoms with Crippen LogP contribution in [0.5, 0.6) is 0 Å². The minimum absolute atomic E-state index is 0.0279. The molecule has 4 atom stereocenters. The maximum atomic E-state index is 15.2. The molecule has 5 rings (SSSR count). The maximum Gasteiger partial charge on any atom is 0.348 e. The zero-order valence-electron chi connectivity index (χ0n) is 21.5. The van der Waals surface area contributed by atoms with E-state index in [1.807, 2.05) is 0 Å². The van der Waals surface area contributed by atoms with Crippen molar-refractivity contribution in [3.8, 4) is 17.2 Å². The quantitative estimate of drug-likeness (QED) is 0.162. The van der Waals surface area contributed by atoms with Crippen molar-refractivity contribution in [2.24, 2.45) is 0 Å². The monoisotopic (exact) mass is 596 g/mol. The number of aromatic nitrogens is 4. The van der Waals surface area contributed by atoms with E-state index in [1.54, 1.807) is 36.4 Å². The number of aliphatic hydroxyl groups excluding tert-OH is 1. The summed E-state index contributed by atoms with van der Waals surface area (Å²) in [7, 11) is 0. The van der Waals surface area contributed by atoms with Gasteiger partial charge in [-0.3, -0.25) is 4.57 Å². The molecule has 2 aromatic carbocycles. The first kappa shape index (κ1) is 28.8. The van der Waals surface area contributed by atoms with E-state index >= 15 is 4.39 Å². The Morgan fingerprint density at radius 3 is 2.52 bits per heavy atom. The zero-order chi connectivity index (χ0) is 30.2. The van der Waals surface area contributed by atoms with Gasteiger partial charge in [-0.2, -0.15) is 15.2 Å². The lowest BCUT2D eigenvalue weighted by Gasteiger charge is -2.27. The highest BCUT2D eigenvalue weighted by atomic mass is 35.5. The zero-order valence-corrected chi connectivity index (χ0v) is 22.2. The molecule has 3 heterocycles. The van der Waals surface area contributed by atoms with Crippen LogP contribution in [-0.4, -0.2) is 77.4 Å². The van der Waals surface area contributed by atoms with Crippen molar-refractivity contribution in [2.75, 3.05) is 12.3 Å². The van der Waals surface area contributed by atoms with Crippen LogP contribution in [0.3, 0.4) is 0 Å². The van der Waals surface area contributed by atoms with Gasteiger partial charge < -0.3 is 30.5 Å². The summed E-state index contributed by atoms with van der Waals surface area (Å²) in [5.41, 5.74) is 5.17. The summed E-state index contributed by atoms with van der Waals surface area (Å²) in [6.45, 7) is -0.783. The summed E-state index contributed by atoms with van der Waals surface area (Å²) >= 11 is 5.86. The number of nitrogen functional groups attached to an aromatic ring is 1. The first-order valence-corrected chi connectivity index (χ1v) is 12.8. The average Bonchev–Trinajstić information content (AvgIpc) is 3.51. The number of hydrogen-bond acceptors (Lipinski definition) is 10. The molecule has 13 nitrogen and oxygen atoms in total. The highest BCUT2D eigenvalue weighted by molar-refractivity contribution is 6.28. The van der Waals surface area contributed by atoms with Crippen molar-refractivity contribution in [1.29, 1.82) is 5.26 Å². The van der Waals surface area contributed by atoms with Crippen molar-refractivity contribution in [3.63, 3.8) is 0 Å². The van der Waals surface area contributed by atoms with E-state index in [0.717, 1.165) is 10.9 Å². The first-order chi connectivity index (χ1) is 20.1. The number of rotatable bonds is 9. The number of alkyl halides is 1. The molecule has 0 spiro atoms. The average molecular weight is 597 g/mol. The number of carboxylic acids is 2. The molecule has 216 valence electrons. The predicted molar refractivity (Wildman–Crippen MR) is 144 cm³/mol. The molecular weight excluding hydrogens is 575 g/mol. The normalized spacial score (nSPS) is 20.4. The van der Waals surface area contributed by atoms with Gasteiger partial charge in [0, 0.05) is 6.42 Å². The number of aliphatic hydroxyl groups is 1. The van der Waals surface area contributed by atoms with E-state index in [9.17, 15) is 30.2 Å². The SMILES string of the molecule is N#Cc1ccccc1-c1ccc(CC(OC[C@H]2O[C@@H](n3cnc4c(N)nc(Cl)nc43)[C@@H](F)[C@@H]2O)(C(=O)O)C(=O)O)cc1. The Balaban J connectivity index is 1.36. The van der Waals surface area contributed by atoms with Crippen LogP contribution in [0.1, 0.15) is 17.4 Å². The molecule has 1 aliphatic rings. The van der Waals surface area contributed by atoms with Gasteiger partial charge in [-0.25, -0.2) is 19.0 Å². The minimum atomic E-state index is -2.80. The summed E-state index contributed by atoms with van der Waals surface area (Å²) in [6.07, 6.45) is -6.27. The van der Waals surface area contributed by atoms with Gasteiger partial charge in [-0.05, 0) is 34.4 Å². The van der Waals surface area contributed by atoms with Crippen molar-refractivity contribution in [1.82, 2.24) is 19.5 Å². The van der Waals surface area contributed by atoms with Crippen molar-refractivity contribution < 1.29 is 38.8 Å². The highest BCUT2D eigenvalue weighted by Crippen LogP contribution is 2.35. The second-order valence-corrected chi connectivity index (χ2v) is 9.82. The Bertz CT molecular complexity index is 1700. The number of ether oxygens (including phenoxy) is 2. The number of benzene rings is 2. The van der Waals surface area contributed by atoms with Crippen LogP contribution >= 0.6 is 11.6 Å². The lowest BCUT2D eigenvalue weighted by molar-refractivity contribution is -0.190. The number of aliphatic carboxylic acids is 2. The molecule has 5 N–H and O–H groups in total. The Hall–Kier alpha value is -4.68. The number of fused-ring (bicyclic) bond motifs is 1. The Morgan fingerprint density at radius 1 is 1.17 bits per heavy atom. The third-order valence-corrected chi connectivity index (χ3v) is 7.11. The van der Waals surface area contributed by atoms with Crippen molar-refractivity contribution in [2.45, 2.75) is 36.6 Å². The minimum Gasteiger partial charge on any atom is -0.479 e. The number of carbonyl (C=O) groups is 2. The molecule has 0 bridgehead atoms. The molecular formula is C27H22ClFN6O7. The standard InChI is InChI=1S/C27H22ClFN6O7/c28-26-33-21(31)19-22(34-26)35(12-32-19)23-18(29)20(36)17(42-23)11-41-27(24(37)38,25(39)40)9-13-5-7-14(8-6-13)16-4-2-1-3-15(16)10-30/h1-8,12,17-18,20,23,36H,9,11H2,(H,37,38)(H,39,40)(H2,31,33,34)/t17-,18+,20-,23-/m1/s1.